The summed E-state index contributed by atoms with van der Waals surface area (Å²) in [6.07, 6.45) is 4.43. The van der Waals surface area contributed by atoms with Gasteiger partial charge < -0.3 is 9.88 Å². The summed E-state index contributed by atoms with van der Waals surface area (Å²) in [4.78, 5) is 12.7. The number of fused-ring (bicyclic) bond motifs is 1. The minimum Gasteiger partial charge on any atom is -0.343 e. The van der Waals surface area contributed by atoms with Crippen LogP contribution in [-0.4, -0.2) is 30.5 Å². The molecular formula is C17H24N6O. The third-order valence-electron chi connectivity index (χ3n) is 4.69. The second-order valence-electron chi connectivity index (χ2n) is 7.78. The predicted molar refractivity (Wildman–Crippen MR) is 88.7 cm³/mol. The van der Waals surface area contributed by atoms with Gasteiger partial charge >= 0.3 is 0 Å². The highest BCUT2D eigenvalue weighted by atomic mass is 16.2. The van der Waals surface area contributed by atoms with E-state index in [1.54, 1.807) is 0 Å². The summed E-state index contributed by atoms with van der Waals surface area (Å²) in [6, 6.07) is 1.95. The first-order chi connectivity index (χ1) is 11.4. The standard InChI is InChI=1S/C17H24N6O/c1-17(2,3)23-13(9-12(21-23)11-6-7-11)16(24)18-10-15-20-19-14-5-4-8-22(14)15/h9,11H,4-8,10H2,1-3H3,(H,18,24). The van der Waals surface area contributed by atoms with E-state index in [1.807, 2.05) is 10.7 Å². The summed E-state index contributed by atoms with van der Waals surface area (Å²) in [5, 5.41) is 16.1. The Morgan fingerprint density at radius 2 is 2.12 bits per heavy atom. The monoisotopic (exact) mass is 328 g/mol. The molecule has 7 heteroatoms. The molecule has 0 bridgehead atoms. The van der Waals surface area contributed by atoms with E-state index in [9.17, 15) is 4.79 Å². The zero-order valence-corrected chi connectivity index (χ0v) is 14.5. The minimum absolute atomic E-state index is 0.0975. The summed E-state index contributed by atoms with van der Waals surface area (Å²) in [5.41, 5.74) is 1.44. The topological polar surface area (TPSA) is 77.6 Å². The van der Waals surface area contributed by atoms with Crippen molar-refractivity contribution in [2.75, 3.05) is 0 Å². The predicted octanol–water partition coefficient (Wildman–Crippen LogP) is 1.98. The Labute approximate surface area is 141 Å². The first kappa shape index (κ1) is 15.4. The Morgan fingerprint density at radius 1 is 1.33 bits per heavy atom. The van der Waals surface area contributed by atoms with Gasteiger partial charge in [0.15, 0.2) is 5.82 Å². The van der Waals surface area contributed by atoms with Crippen molar-refractivity contribution in [3.8, 4) is 0 Å². The average molecular weight is 328 g/mol. The van der Waals surface area contributed by atoms with Gasteiger partial charge in [0.05, 0.1) is 17.8 Å². The number of carbonyl (C=O) groups is 1. The molecule has 0 radical (unpaired) electrons. The van der Waals surface area contributed by atoms with E-state index in [1.165, 1.54) is 12.8 Å². The van der Waals surface area contributed by atoms with Gasteiger partial charge in [-0.15, -0.1) is 10.2 Å². The van der Waals surface area contributed by atoms with Crippen molar-refractivity contribution in [3.63, 3.8) is 0 Å². The number of amides is 1. The molecule has 2 aliphatic rings. The quantitative estimate of drug-likeness (QED) is 0.931. The molecule has 2 aromatic rings. The van der Waals surface area contributed by atoms with Gasteiger partial charge in [0.25, 0.3) is 5.91 Å². The summed E-state index contributed by atoms with van der Waals surface area (Å²) in [7, 11) is 0. The Bertz CT molecular complexity index is 778. The number of carbonyl (C=O) groups excluding carboxylic acids is 1. The lowest BCUT2D eigenvalue weighted by Crippen LogP contribution is -2.32. The number of nitrogens with zero attached hydrogens (tertiary/aromatic N) is 5. The van der Waals surface area contributed by atoms with E-state index in [0.717, 1.165) is 36.7 Å². The molecule has 2 aromatic heterocycles. The first-order valence-corrected chi connectivity index (χ1v) is 8.73. The average Bonchev–Trinajstić information content (AvgIpc) is 2.97. The molecule has 1 N–H and O–H groups in total. The van der Waals surface area contributed by atoms with Gasteiger partial charge in [0, 0.05) is 18.9 Å². The van der Waals surface area contributed by atoms with Crippen molar-refractivity contribution in [2.24, 2.45) is 0 Å². The van der Waals surface area contributed by atoms with Crippen molar-refractivity contribution in [1.82, 2.24) is 29.9 Å². The minimum atomic E-state index is -0.226. The highest BCUT2D eigenvalue weighted by molar-refractivity contribution is 5.92. The lowest BCUT2D eigenvalue weighted by molar-refractivity contribution is 0.0931. The maximum absolute atomic E-state index is 12.7. The maximum Gasteiger partial charge on any atom is 0.269 e. The SMILES string of the molecule is CC(C)(C)n1nc(C2CC2)cc1C(=O)NCc1nnc2n1CCC2. The third kappa shape index (κ3) is 2.72. The van der Waals surface area contributed by atoms with Crippen LogP contribution in [0, 0.1) is 0 Å². The van der Waals surface area contributed by atoms with Crippen molar-refractivity contribution in [1.29, 1.82) is 0 Å². The van der Waals surface area contributed by atoms with Gasteiger partial charge in [-0.25, -0.2) is 0 Å². The molecule has 7 nitrogen and oxygen atoms in total. The molecule has 0 unspecified atom stereocenters. The molecule has 0 spiro atoms. The number of aromatic nitrogens is 5. The smallest absolute Gasteiger partial charge is 0.269 e. The lowest BCUT2D eigenvalue weighted by Gasteiger charge is -2.22. The largest absolute Gasteiger partial charge is 0.343 e. The van der Waals surface area contributed by atoms with E-state index in [4.69, 9.17) is 5.10 Å². The molecule has 0 aromatic carbocycles. The Hall–Kier alpha value is -2.18. The van der Waals surface area contributed by atoms with E-state index in [-0.39, 0.29) is 11.4 Å². The number of nitrogens with one attached hydrogen (secondary N) is 1. The fourth-order valence-corrected chi connectivity index (χ4v) is 3.24. The van der Waals surface area contributed by atoms with Crippen molar-refractivity contribution >= 4 is 5.91 Å². The fourth-order valence-electron chi connectivity index (χ4n) is 3.24. The molecule has 4 rings (SSSR count). The van der Waals surface area contributed by atoms with Crippen LogP contribution in [0.15, 0.2) is 6.07 Å². The summed E-state index contributed by atoms with van der Waals surface area (Å²) < 4.78 is 3.96. The van der Waals surface area contributed by atoms with Gasteiger partial charge in [-0.05, 0) is 46.1 Å². The molecule has 0 atom stereocenters. The van der Waals surface area contributed by atoms with Crippen LogP contribution in [-0.2, 0) is 25.0 Å². The van der Waals surface area contributed by atoms with Crippen LogP contribution in [0.25, 0.3) is 0 Å². The van der Waals surface area contributed by atoms with Gasteiger partial charge in [0.2, 0.25) is 0 Å². The Kier molecular flexibility index (Phi) is 3.47. The number of rotatable bonds is 4. The van der Waals surface area contributed by atoms with Crippen molar-refractivity contribution in [2.45, 2.75) is 71.0 Å². The van der Waals surface area contributed by atoms with Crippen LogP contribution >= 0.6 is 0 Å². The molecule has 1 amide bonds. The normalized spacial score (nSPS) is 17.1. The fraction of sp³-hybridized carbons (Fsp3) is 0.647. The number of hydrogen-bond donors (Lipinski definition) is 1. The zero-order valence-electron chi connectivity index (χ0n) is 14.5. The molecule has 3 heterocycles. The molecular weight excluding hydrogens is 304 g/mol. The van der Waals surface area contributed by atoms with E-state index in [0.29, 0.717) is 18.2 Å². The van der Waals surface area contributed by atoms with Crippen molar-refractivity contribution < 1.29 is 4.79 Å². The Morgan fingerprint density at radius 3 is 2.83 bits per heavy atom. The van der Waals surface area contributed by atoms with E-state index in [2.05, 4.69) is 40.9 Å². The number of aryl methyl sites for hydroxylation is 1. The molecule has 1 saturated carbocycles. The van der Waals surface area contributed by atoms with Crippen LogP contribution in [0.4, 0.5) is 0 Å². The number of hydrogen-bond acceptors (Lipinski definition) is 4. The van der Waals surface area contributed by atoms with Crippen molar-refractivity contribution in [3.05, 3.63) is 29.1 Å². The highest BCUT2D eigenvalue weighted by Crippen LogP contribution is 2.40. The zero-order chi connectivity index (χ0) is 16.9. The molecule has 0 saturated heterocycles. The molecule has 1 aliphatic heterocycles. The van der Waals surface area contributed by atoms with Crippen LogP contribution < -0.4 is 5.32 Å². The first-order valence-electron chi connectivity index (χ1n) is 8.73. The van der Waals surface area contributed by atoms with Crippen LogP contribution in [0.1, 0.15) is 73.8 Å². The summed E-state index contributed by atoms with van der Waals surface area (Å²) >= 11 is 0. The summed E-state index contributed by atoms with van der Waals surface area (Å²) in [6.45, 7) is 7.55. The maximum atomic E-state index is 12.7. The van der Waals surface area contributed by atoms with E-state index < -0.39 is 0 Å². The summed E-state index contributed by atoms with van der Waals surface area (Å²) in [5.74, 6) is 2.29. The van der Waals surface area contributed by atoms with Crippen LogP contribution in [0.3, 0.4) is 0 Å². The van der Waals surface area contributed by atoms with Gasteiger partial charge in [0.1, 0.15) is 11.5 Å². The second-order valence-corrected chi connectivity index (χ2v) is 7.78. The third-order valence-corrected chi connectivity index (χ3v) is 4.69. The van der Waals surface area contributed by atoms with Gasteiger partial charge in [-0.2, -0.15) is 5.10 Å². The molecule has 1 fully saturated rings. The van der Waals surface area contributed by atoms with Gasteiger partial charge in [-0.1, -0.05) is 0 Å². The highest BCUT2D eigenvalue weighted by Gasteiger charge is 2.31. The Balaban J connectivity index is 1.53. The lowest BCUT2D eigenvalue weighted by atomic mass is 10.1. The van der Waals surface area contributed by atoms with Gasteiger partial charge in [-0.3, -0.25) is 9.48 Å². The van der Waals surface area contributed by atoms with Crippen LogP contribution in [0.2, 0.25) is 0 Å². The molecule has 128 valence electrons. The van der Waals surface area contributed by atoms with E-state index >= 15 is 0 Å². The molecule has 24 heavy (non-hydrogen) atoms. The van der Waals surface area contributed by atoms with Crippen LogP contribution in [0.5, 0.6) is 0 Å². The second kappa shape index (κ2) is 5.43. The molecule has 1 aliphatic carbocycles.